The molecule has 0 amide bonds. The van der Waals surface area contributed by atoms with Crippen LogP contribution in [0.3, 0.4) is 0 Å². The van der Waals surface area contributed by atoms with Gasteiger partial charge in [0.25, 0.3) is 0 Å². The zero-order valence-electron chi connectivity index (χ0n) is 7.65. The van der Waals surface area contributed by atoms with Crippen molar-refractivity contribution in [1.29, 1.82) is 0 Å². The summed E-state index contributed by atoms with van der Waals surface area (Å²) in [6.45, 7) is 4.74. The first-order valence-electron chi connectivity index (χ1n) is 4.78. The fourth-order valence-corrected chi connectivity index (χ4v) is 2.81. The SMILES string of the molecule is CC1CC(C)CC(CCCl)C1. The number of halogens is 1. The molecule has 1 rings (SSSR count). The van der Waals surface area contributed by atoms with Gasteiger partial charge in [-0.05, 0) is 43.4 Å². The molecule has 0 heterocycles. The van der Waals surface area contributed by atoms with Crippen molar-refractivity contribution in [2.75, 3.05) is 5.88 Å². The second kappa shape index (κ2) is 4.35. The van der Waals surface area contributed by atoms with Crippen molar-refractivity contribution in [3.8, 4) is 0 Å². The zero-order chi connectivity index (χ0) is 8.27. The molecular formula is C10H19Cl. The van der Waals surface area contributed by atoms with Gasteiger partial charge in [-0.1, -0.05) is 13.8 Å². The molecule has 0 N–H and O–H groups in total. The fraction of sp³-hybridized carbons (Fsp3) is 1.00. The molecule has 1 saturated carbocycles. The van der Waals surface area contributed by atoms with Crippen LogP contribution < -0.4 is 0 Å². The third kappa shape index (κ3) is 3.02. The first-order chi connectivity index (χ1) is 5.22. The van der Waals surface area contributed by atoms with E-state index in [0.717, 1.165) is 23.6 Å². The average molecular weight is 175 g/mol. The number of hydrogen-bond acceptors (Lipinski definition) is 0. The molecule has 0 radical (unpaired) electrons. The Morgan fingerprint density at radius 3 is 2.09 bits per heavy atom. The highest BCUT2D eigenvalue weighted by molar-refractivity contribution is 6.17. The van der Waals surface area contributed by atoms with E-state index in [1.54, 1.807) is 0 Å². The van der Waals surface area contributed by atoms with Gasteiger partial charge in [0.15, 0.2) is 0 Å². The molecule has 1 aliphatic carbocycles. The summed E-state index contributed by atoms with van der Waals surface area (Å²) in [4.78, 5) is 0. The summed E-state index contributed by atoms with van der Waals surface area (Å²) in [6, 6.07) is 0. The van der Waals surface area contributed by atoms with Crippen molar-refractivity contribution >= 4 is 11.6 Å². The van der Waals surface area contributed by atoms with Gasteiger partial charge in [0.1, 0.15) is 0 Å². The van der Waals surface area contributed by atoms with Gasteiger partial charge in [0, 0.05) is 5.88 Å². The van der Waals surface area contributed by atoms with Crippen molar-refractivity contribution in [2.24, 2.45) is 17.8 Å². The fourth-order valence-electron chi connectivity index (χ4n) is 2.50. The normalized spacial score (nSPS) is 39.0. The summed E-state index contributed by atoms with van der Waals surface area (Å²) in [5, 5.41) is 0. The first-order valence-corrected chi connectivity index (χ1v) is 5.31. The molecule has 0 aromatic carbocycles. The first kappa shape index (κ1) is 9.38. The van der Waals surface area contributed by atoms with E-state index in [4.69, 9.17) is 11.6 Å². The predicted molar refractivity (Wildman–Crippen MR) is 51.0 cm³/mol. The van der Waals surface area contributed by atoms with E-state index >= 15 is 0 Å². The van der Waals surface area contributed by atoms with Crippen molar-refractivity contribution in [3.05, 3.63) is 0 Å². The minimum atomic E-state index is 0.851. The molecular weight excluding hydrogens is 156 g/mol. The Balaban J connectivity index is 2.30. The third-order valence-electron chi connectivity index (χ3n) is 2.79. The van der Waals surface area contributed by atoms with Crippen LogP contribution >= 0.6 is 11.6 Å². The Morgan fingerprint density at radius 2 is 1.64 bits per heavy atom. The molecule has 0 aliphatic heterocycles. The summed E-state index contributed by atoms with van der Waals surface area (Å²) >= 11 is 5.73. The molecule has 1 fully saturated rings. The van der Waals surface area contributed by atoms with Crippen LogP contribution in [0, 0.1) is 17.8 Å². The van der Waals surface area contributed by atoms with Crippen molar-refractivity contribution in [1.82, 2.24) is 0 Å². The molecule has 0 nitrogen and oxygen atoms in total. The van der Waals surface area contributed by atoms with Gasteiger partial charge in [-0.15, -0.1) is 11.6 Å². The smallest absolute Gasteiger partial charge is 0.0226 e. The monoisotopic (exact) mass is 174 g/mol. The van der Waals surface area contributed by atoms with E-state index in [2.05, 4.69) is 13.8 Å². The van der Waals surface area contributed by atoms with Crippen LogP contribution in [0.25, 0.3) is 0 Å². The molecule has 0 saturated heterocycles. The second-order valence-corrected chi connectivity index (χ2v) is 4.64. The third-order valence-corrected chi connectivity index (χ3v) is 3.01. The maximum absolute atomic E-state index is 5.73. The summed E-state index contributed by atoms with van der Waals surface area (Å²) in [5.74, 6) is 3.65. The lowest BCUT2D eigenvalue weighted by Gasteiger charge is -2.30. The second-order valence-electron chi connectivity index (χ2n) is 4.26. The Kier molecular flexibility index (Phi) is 3.71. The molecule has 2 atom stereocenters. The Hall–Kier alpha value is 0.290. The molecule has 1 heteroatoms. The number of hydrogen-bond donors (Lipinski definition) is 0. The van der Waals surface area contributed by atoms with E-state index in [0.29, 0.717) is 0 Å². The van der Waals surface area contributed by atoms with E-state index in [1.165, 1.54) is 25.7 Å². The highest BCUT2D eigenvalue weighted by Crippen LogP contribution is 2.34. The minimum absolute atomic E-state index is 0.851. The average Bonchev–Trinajstić information content (AvgIpc) is 1.85. The van der Waals surface area contributed by atoms with Crippen LogP contribution in [-0.2, 0) is 0 Å². The predicted octanol–water partition coefficient (Wildman–Crippen LogP) is 3.69. The van der Waals surface area contributed by atoms with Gasteiger partial charge in [-0.25, -0.2) is 0 Å². The van der Waals surface area contributed by atoms with Crippen molar-refractivity contribution in [2.45, 2.75) is 39.5 Å². The van der Waals surface area contributed by atoms with E-state index in [1.807, 2.05) is 0 Å². The lowest BCUT2D eigenvalue weighted by Crippen LogP contribution is -2.19. The van der Waals surface area contributed by atoms with Gasteiger partial charge in [-0.2, -0.15) is 0 Å². The molecule has 0 aromatic rings. The largest absolute Gasteiger partial charge is 0.127 e. The summed E-state index contributed by atoms with van der Waals surface area (Å²) < 4.78 is 0. The van der Waals surface area contributed by atoms with Crippen LogP contribution in [0.4, 0.5) is 0 Å². The van der Waals surface area contributed by atoms with Crippen LogP contribution in [-0.4, -0.2) is 5.88 Å². The van der Waals surface area contributed by atoms with Crippen LogP contribution in [0.5, 0.6) is 0 Å². The van der Waals surface area contributed by atoms with E-state index < -0.39 is 0 Å². The van der Waals surface area contributed by atoms with E-state index in [-0.39, 0.29) is 0 Å². The van der Waals surface area contributed by atoms with Gasteiger partial charge in [-0.3, -0.25) is 0 Å². The standard InChI is InChI=1S/C10H19Cl/c1-8-5-9(2)7-10(6-8)3-4-11/h8-10H,3-7H2,1-2H3. The van der Waals surface area contributed by atoms with Gasteiger partial charge < -0.3 is 0 Å². The topological polar surface area (TPSA) is 0 Å². The Bertz CT molecular complexity index is 101. The Labute approximate surface area is 75.3 Å². The molecule has 2 unspecified atom stereocenters. The molecule has 11 heavy (non-hydrogen) atoms. The lowest BCUT2D eigenvalue weighted by atomic mass is 9.76. The number of alkyl halides is 1. The maximum Gasteiger partial charge on any atom is 0.0226 e. The van der Waals surface area contributed by atoms with Gasteiger partial charge in [0.05, 0.1) is 0 Å². The number of rotatable bonds is 2. The highest BCUT2D eigenvalue weighted by Gasteiger charge is 2.22. The molecule has 0 aromatic heterocycles. The van der Waals surface area contributed by atoms with Crippen LogP contribution in [0.15, 0.2) is 0 Å². The molecule has 0 spiro atoms. The molecule has 66 valence electrons. The van der Waals surface area contributed by atoms with E-state index in [9.17, 15) is 0 Å². The molecule has 0 bridgehead atoms. The van der Waals surface area contributed by atoms with Crippen molar-refractivity contribution in [3.63, 3.8) is 0 Å². The zero-order valence-corrected chi connectivity index (χ0v) is 8.40. The quantitative estimate of drug-likeness (QED) is 0.561. The Morgan fingerprint density at radius 1 is 1.09 bits per heavy atom. The summed E-state index contributed by atoms with van der Waals surface area (Å²) in [6.07, 6.45) is 5.49. The van der Waals surface area contributed by atoms with Crippen LogP contribution in [0.1, 0.15) is 39.5 Å². The van der Waals surface area contributed by atoms with Crippen LogP contribution in [0.2, 0.25) is 0 Å². The minimum Gasteiger partial charge on any atom is -0.127 e. The highest BCUT2D eigenvalue weighted by atomic mass is 35.5. The van der Waals surface area contributed by atoms with Gasteiger partial charge in [0.2, 0.25) is 0 Å². The lowest BCUT2D eigenvalue weighted by molar-refractivity contribution is 0.215. The summed E-state index contributed by atoms with van der Waals surface area (Å²) in [7, 11) is 0. The van der Waals surface area contributed by atoms with Crippen molar-refractivity contribution < 1.29 is 0 Å². The maximum atomic E-state index is 5.73. The molecule has 1 aliphatic rings. The van der Waals surface area contributed by atoms with Gasteiger partial charge >= 0.3 is 0 Å². The summed E-state index contributed by atoms with van der Waals surface area (Å²) in [5.41, 5.74) is 0.